The molecule has 0 fully saturated rings. The first-order valence-electron chi connectivity index (χ1n) is 6.70. The van der Waals surface area contributed by atoms with Gasteiger partial charge in [0.15, 0.2) is 11.5 Å². The highest BCUT2D eigenvalue weighted by molar-refractivity contribution is 5.46. The Morgan fingerprint density at radius 2 is 1.89 bits per heavy atom. The summed E-state index contributed by atoms with van der Waals surface area (Å²) in [5.41, 5.74) is 5.41. The van der Waals surface area contributed by atoms with Crippen molar-refractivity contribution in [2.45, 2.75) is 19.3 Å². The highest BCUT2D eigenvalue weighted by Crippen LogP contribution is 2.34. The topological polar surface area (TPSA) is 62.9 Å². The third-order valence-corrected chi connectivity index (χ3v) is 2.83. The molecule has 2 N–H and O–H groups in total. The summed E-state index contributed by atoms with van der Waals surface area (Å²) in [6.45, 7) is 2.94. The van der Waals surface area contributed by atoms with Crippen LogP contribution in [0.5, 0.6) is 17.2 Å². The van der Waals surface area contributed by atoms with Gasteiger partial charge >= 0.3 is 0 Å². The Morgan fingerprint density at radius 3 is 2.79 bits per heavy atom. The summed E-state index contributed by atoms with van der Waals surface area (Å²) in [6, 6.07) is 5.56. The van der Waals surface area contributed by atoms with Crippen LogP contribution >= 0.6 is 0 Å². The molecule has 0 saturated heterocycles. The summed E-state index contributed by atoms with van der Waals surface area (Å²) in [5, 5.41) is 0. The molecule has 1 heterocycles. The van der Waals surface area contributed by atoms with Crippen LogP contribution in [-0.2, 0) is 4.74 Å². The van der Waals surface area contributed by atoms with Crippen molar-refractivity contribution in [3.63, 3.8) is 0 Å². The van der Waals surface area contributed by atoms with Crippen LogP contribution < -0.4 is 19.9 Å². The minimum absolute atomic E-state index is 0.282. The van der Waals surface area contributed by atoms with Crippen LogP contribution in [0.15, 0.2) is 18.2 Å². The van der Waals surface area contributed by atoms with Crippen molar-refractivity contribution < 1.29 is 18.9 Å². The molecule has 0 unspecified atom stereocenters. The SMILES string of the molecule is NCCCCCOCCOc1ccc2c(c1)OCO2. The van der Waals surface area contributed by atoms with Crippen LogP contribution in [0, 0.1) is 0 Å². The highest BCUT2D eigenvalue weighted by Gasteiger charge is 2.13. The number of nitrogens with two attached hydrogens (primary N) is 1. The highest BCUT2D eigenvalue weighted by atomic mass is 16.7. The molecule has 0 amide bonds. The van der Waals surface area contributed by atoms with Gasteiger partial charge in [0.25, 0.3) is 0 Å². The zero-order valence-corrected chi connectivity index (χ0v) is 11.1. The van der Waals surface area contributed by atoms with Crippen LogP contribution in [0.1, 0.15) is 19.3 Å². The molecule has 2 rings (SSSR count). The zero-order valence-electron chi connectivity index (χ0n) is 11.1. The van der Waals surface area contributed by atoms with E-state index in [2.05, 4.69) is 0 Å². The third-order valence-electron chi connectivity index (χ3n) is 2.83. The van der Waals surface area contributed by atoms with Gasteiger partial charge in [-0.15, -0.1) is 0 Å². The number of hydrogen-bond acceptors (Lipinski definition) is 5. The minimum atomic E-state index is 0.282. The molecule has 1 aliphatic heterocycles. The van der Waals surface area contributed by atoms with Crippen LogP contribution in [-0.4, -0.2) is 33.2 Å². The van der Waals surface area contributed by atoms with E-state index in [1.807, 2.05) is 18.2 Å². The molecule has 19 heavy (non-hydrogen) atoms. The average Bonchev–Trinajstić information content (AvgIpc) is 2.89. The quantitative estimate of drug-likeness (QED) is 0.693. The average molecular weight is 267 g/mol. The van der Waals surface area contributed by atoms with Gasteiger partial charge in [-0.3, -0.25) is 0 Å². The molecule has 5 heteroatoms. The molecule has 1 aromatic carbocycles. The molecule has 0 aliphatic carbocycles. The maximum Gasteiger partial charge on any atom is 0.231 e. The van der Waals surface area contributed by atoms with E-state index in [9.17, 15) is 0 Å². The fraction of sp³-hybridized carbons (Fsp3) is 0.571. The van der Waals surface area contributed by atoms with Crippen LogP contribution in [0.4, 0.5) is 0 Å². The zero-order chi connectivity index (χ0) is 13.3. The van der Waals surface area contributed by atoms with Crippen molar-refractivity contribution in [3.05, 3.63) is 18.2 Å². The van der Waals surface area contributed by atoms with Gasteiger partial charge in [-0.25, -0.2) is 0 Å². The third kappa shape index (κ3) is 4.61. The van der Waals surface area contributed by atoms with E-state index in [-0.39, 0.29) is 6.79 Å². The van der Waals surface area contributed by atoms with E-state index >= 15 is 0 Å². The van der Waals surface area contributed by atoms with E-state index in [0.29, 0.717) is 13.2 Å². The Bertz CT molecular complexity index is 384. The monoisotopic (exact) mass is 267 g/mol. The fourth-order valence-corrected chi connectivity index (χ4v) is 1.81. The Hall–Kier alpha value is -1.46. The second-order valence-electron chi connectivity index (χ2n) is 4.33. The summed E-state index contributed by atoms with van der Waals surface area (Å²) in [6.07, 6.45) is 3.25. The molecule has 0 radical (unpaired) electrons. The summed E-state index contributed by atoms with van der Waals surface area (Å²) in [5.74, 6) is 2.28. The first-order chi connectivity index (χ1) is 9.40. The molecule has 1 aliphatic rings. The Balaban J connectivity index is 1.56. The first kappa shape index (κ1) is 14.0. The number of hydrogen-bond donors (Lipinski definition) is 1. The van der Waals surface area contributed by atoms with Crippen LogP contribution in [0.2, 0.25) is 0 Å². The summed E-state index contributed by atoms with van der Waals surface area (Å²) in [7, 11) is 0. The van der Waals surface area contributed by atoms with Crippen molar-refractivity contribution in [3.8, 4) is 17.2 Å². The molecule has 0 atom stereocenters. The van der Waals surface area contributed by atoms with Gasteiger partial charge < -0.3 is 24.7 Å². The van der Waals surface area contributed by atoms with Gasteiger partial charge in [0.2, 0.25) is 6.79 Å². The lowest BCUT2D eigenvalue weighted by atomic mass is 10.2. The summed E-state index contributed by atoms with van der Waals surface area (Å²) >= 11 is 0. The first-order valence-corrected chi connectivity index (χ1v) is 6.70. The van der Waals surface area contributed by atoms with Gasteiger partial charge in [0.1, 0.15) is 12.4 Å². The molecule has 0 saturated carbocycles. The molecule has 0 spiro atoms. The molecule has 5 nitrogen and oxygen atoms in total. The van der Waals surface area contributed by atoms with Gasteiger partial charge in [-0.05, 0) is 37.9 Å². The lowest BCUT2D eigenvalue weighted by molar-refractivity contribution is 0.0971. The van der Waals surface area contributed by atoms with E-state index in [1.165, 1.54) is 0 Å². The lowest BCUT2D eigenvalue weighted by Gasteiger charge is -2.07. The fourth-order valence-electron chi connectivity index (χ4n) is 1.81. The Labute approximate surface area is 113 Å². The van der Waals surface area contributed by atoms with E-state index < -0.39 is 0 Å². The number of fused-ring (bicyclic) bond motifs is 1. The van der Waals surface area contributed by atoms with Crippen LogP contribution in [0.25, 0.3) is 0 Å². The van der Waals surface area contributed by atoms with Crippen molar-refractivity contribution in [1.29, 1.82) is 0 Å². The van der Waals surface area contributed by atoms with Crippen molar-refractivity contribution in [2.75, 3.05) is 33.2 Å². The number of unbranched alkanes of at least 4 members (excludes halogenated alkanes) is 2. The summed E-state index contributed by atoms with van der Waals surface area (Å²) in [4.78, 5) is 0. The van der Waals surface area contributed by atoms with Crippen LogP contribution in [0.3, 0.4) is 0 Å². The smallest absolute Gasteiger partial charge is 0.231 e. The molecular weight excluding hydrogens is 246 g/mol. The maximum atomic E-state index is 5.58. The maximum absolute atomic E-state index is 5.58. The standard InChI is InChI=1S/C14H21NO4/c15-6-2-1-3-7-16-8-9-17-12-4-5-13-14(10-12)19-11-18-13/h4-5,10H,1-3,6-9,11,15H2. The minimum Gasteiger partial charge on any atom is -0.491 e. The van der Waals surface area contributed by atoms with Crippen molar-refractivity contribution >= 4 is 0 Å². The summed E-state index contributed by atoms with van der Waals surface area (Å²) < 4.78 is 21.6. The molecule has 1 aromatic rings. The number of ether oxygens (including phenoxy) is 4. The van der Waals surface area contributed by atoms with E-state index in [1.54, 1.807) is 0 Å². The van der Waals surface area contributed by atoms with Gasteiger partial charge in [0.05, 0.1) is 6.61 Å². The van der Waals surface area contributed by atoms with Gasteiger partial charge in [-0.1, -0.05) is 0 Å². The number of rotatable bonds is 9. The van der Waals surface area contributed by atoms with Crippen molar-refractivity contribution in [1.82, 2.24) is 0 Å². The van der Waals surface area contributed by atoms with Gasteiger partial charge in [0, 0.05) is 12.7 Å². The number of benzene rings is 1. The molecule has 0 bridgehead atoms. The molecular formula is C14H21NO4. The Kier molecular flexibility index (Phi) is 5.78. The lowest BCUT2D eigenvalue weighted by Crippen LogP contribution is -2.08. The molecule has 106 valence electrons. The van der Waals surface area contributed by atoms with E-state index in [0.717, 1.165) is 49.7 Å². The molecule has 0 aromatic heterocycles. The second kappa shape index (κ2) is 7.86. The largest absolute Gasteiger partial charge is 0.491 e. The normalized spacial score (nSPS) is 12.7. The van der Waals surface area contributed by atoms with E-state index in [4.69, 9.17) is 24.7 Å². The predicted molar refractivity (Wildman–Crippen MR) is 71.8 cm³/mol. The van der Waals surface area contributed by atoms with Gasteiger partial charge in [-0.2, -0.15) is 0 Å². The Morgan fingerprint density at radius 1 is 1.00 bits per heavy atom. The predicted octanol–water partition coefficient (Wildman–Crippen LogP) is 1.94. The van der Waals surface area contributed by atoms with Crippen molar-refractivity contribution in [2.24, 2.45) is 5.73 Å². The second-order valence-corrected chi connectivity index (χ2v) is 4.33.